The van der Waals surface area contributed by atoms with Crippen molar-refractivity contribution in [1.82, 2.24) is 4.98 Å². The second kappa shape index (κ2) is 9.61. The number of aromatic hydroxyl groups is 1. The van der Waals surface area contributed by atoms with Gasteiger partial charge < -0.3 is 14.8 Å². The van der Waals surface area contributed by atoms with Gasteiger partial charge in [-0.3, -0.25) is 4.79 Å². The van der Waals surface area contributed by atoms with Gasteiger partial charge in [-0.15, -0.1) is 10.2 Å². The number of azo groups is 1. The van der Waals surface area contributed by atoms with Gasteiger partial charge in [-0.1, -0.05) is 60.7 Å². The Labute approximate surface area is 200 Å². The minimum absolute atomic E-state index is 0.00921. The SMILES string of the molecule is O=C(N=Nc1c(O)[nH]c2ccc(F)cc12)c1ccc(COc2ccccc2-c2ccccc2)cc1. The van der Waals surface area contributed by atoms with Crippen LogP contribution >= 0.6 is 0 Å². The number of amides is 1. The highest BCUT2D eigenvalue weighted by Gasteiger charge is 2.13. The number of rotatable bonds is 6. The van der Waals surface area contributed by atoms with Crippen molar-refractivity contribution in [3.8, 4) is 22.8 Å². The Morgan fingerprint density at radius 3 is 2.46 bits per heavy atom. The number of nitrogens with one attached hydrogen (secondary N) is 1. The predicted octanol–water partition coefficient (Wildman–Crippen LogP) is 7.18. The van der Waals surface area contributed by atoms with Crippen molar-refractivity contribution in [2.75, 3.05) is 0 Å². The van der Waals surface area contributed by atoms with Crippen molar-refractivity contribution in [3.63, 3.8) is 0 Å². The van der Waals surface area contributed by atoms with Crippen molar-refractivity contribution in [2.45, 2.75) is 6.61 Å². The van der Waals surface area contributed by atoms with Crippen LogP contribution in [0.3, 0.4) is 0 Å². The maximum absolute atomic E-state index is 13.6. The maximum Gasteiger partial charge on any atom is 0.295 e. The highest BCUT2D eigenvalue weighted by atomic mass is 19.1. The number of benzene rings is 4. The van der Waals surface area contributed by atoms with E-state index in [1.54, 1.807) is 24.3 Å². The van der Waals surface area contributed by atoms with Crippen LogP contribution in [0.4, 0.5) is 10.1 Å². The Bertz CT molecular complexity index is 1530. The van der Waals surface area contributed by atoms with Crippen molar-refractivity contribution in [3.05, 3.63) is 114 Å². The highest BCUT2D eigenvalue weighted by molar-refractivity contribution is 5.97. The van der Waals surface area contributed by atoms with Gasteiger partial charge in [-0.2, -0.15) is 0 Å². The van der Waals surface area contributed by atoms with E-state index in [9.17, 15) is 14.3 Å². The minimum atomic E-state index is -0.586. The average molecular weight is 465 g/mol. The summed E-state index contributed by atoms with van der Waals surface area (Å²) in [5.41, 5.74) is 3.77. The summed E-state index contributed by atoms with van der Waals surface area (Å²) in [5, 5.41) is 17.9. The molecule has 0 fully saturated rings. The lowest BCUT2D eigenvalue weighted by atomic mass is 10.0. The second-order valence-electron chi connectivity index (χ2n) is 7.87. The smallest absolute Gasteiger partial charge is 0.295 e. The molecule has 0 saturated carbocycles. The number of hydrogen-bond acceptors (Lipinski definition) is 4. The van der Waals surface area contributed by atoms with Crippen LogP contribution in [0.5, 0.6) is 11.6 Å². The molecular formula is C28H20FN3O3. The number of halogens is 1. The van der Waals surface area contributed by atoms with Crippen LogP contribution in [0.1, 0.15) is 15.9 Å². The molecule has 0 unspecified atom stereocenters. The third-order valence-electron chi connectivity index (χ3n) is 5.52. The van der Waals surface area contributed by atoms with Crippen LogP contribution in [0.25, 0.3) is 22.0 Å². The van der Waals surface area contributed by atoms with Gasteiger partial charge in [-0.25, -0.2) is 4.39 Å². The first kappa shape index (κ1) is 22.0. The van der Waals surface area contributed by atoms with Gasteiger partial charge in [0.25, 0.3) is 5.91 Å². The van der Waals surface area contributed by atoms with Gasteiger partial charge in [0.1, 0.15) is 18.2 Å². The fourth-order valence-electron chi connectivity index (χ4n) is 3.74. The number of hydrogen-bond donors (Lipinski definition) is 2. The first-order chi connectivity index (χ1) is 17.1. The molecule has 1 aromatic heterocycles. The molecule has 5 rings (SSSR count). The summed E-state index contributed by atoms with van der Waals surface area (Å²) in [4.78, 5) is 15.2. The summed E-state index contributed by atoms with van der Waals surface area (Å²) in [6, 6.07) is 28.6. The van der Waals surface area contributed by atoms with E-state index in [2.05, 4.69) is 15.2 Å². The molecule has 2 N–H and O–H groups in total. The second-order valence-corrected chi connectivity index (χ2v) is 7.87. The molecule has 0 aliphatic heterocycles. The van der Waals surface area contributed by atoms with Crippen molar-refractivity contribution < 1.29 is 19.0 Å². The van der Waals surface area contributed by atoms with E-state index in [0.29, 0.717) is 23.1 Å². The van der Waals surface area contributed by atoms with Crippen molar-refractivity contribution in [2.24, 2.45) is 10.2 Å². The summed E-state index contributed by atoms with van der Waals surface area (Å²) in [7, 11) is 0. The largest absolute Gasteiger partial charge is 0.493 e. The van der Waals surface area contributed by atoms with E-state index in [4.69, 9.17) is 4.74 Å². The van der Waals surface area contributed by atoms with Crippen molar-refractivity contribution in [1.29, 1.82) is 0 Å². The first-order valence-electron chi connectivity index (χ1n) is 10.9. The molecule has 0 atom stereocenters. The van der Waals surface area contributed by atoms with Crippen LogP contribution < -0.4 is 4.74 Å². The number of carbonyl (C=O) groups excluding carboxylic acids is 1. The Morgan fingerprint density at radius 2 is 1.66 bits per heavy atom. The number of aromatic nitrogens is 1. The highest BCUT2D eigenvalue weighted by Crippen LogP contribution is 2.36. The molecule has 1 amide bonds. The summed E-state index contributed by atoms with van der Waals surface area (Å²) in [6.45, 7) is 0.328. The summed E-state index contributed by atoms with van der Waals surface area (Å²) >= 11 is 0. The maximum atomic E-state index is 13.6. The zero-order chi connectivity index (χ0) is 24.2. The van der Waals surface area contributed by atoms with E-state index in [-0.39, 0.29) is 11.6 Å². The zero-order valence-corrected chi connectivity index (χ0v) is 18.5. The topological polar surface area (TPSA) is 87.0 Å². The van der Waals surface area contributed by atoms with Crippen LogP contribution in [-0.2, 0) is 6.61 Å². The molecule has 6 nitrogen and oxygen atoms in total. The molecular weight excluding hydrogens is 445 g/mol. The van der Waals surface area contributed by atoms with E-state index >= 15 is 0 Å². The molecule has 0 spiro atoms. The molecule has 172 valence electrons. The van der Waals surface area contributed by atoms with Crippen LogP contribution in [0.15, 0.2) is 107 Å². The molecule has 35 heavy (non-hydrogen) atoms. The van der Waals surface area contributed by atoms with Gasteiger partial charge >= 0.3 is 0 Å². The third-order valence-corrected chi connectivity index (χ3v) is 5.52. The van der Waals surface area contributed by atoms with E-state index in [1.165, 1.54) is 18.2 Å². The lowest BCUT2D eigenvalue weighted by molar-refractivity contribution is 0.0995. The van der Waals surface area contributed by atoms with Crippen LogP contribution in [0, 0.1) is 5.82 Å². The predicted molar refractivity (Wildman–Crippen MR) is 131 cm³/mol. The third kappa shape index (κ3) is 4.79. The van der Waals surface area contributed by atoms with E-state index < -0.39 is 11.7 Å². The molecule has 1 heterocycles. The molecule has 5 aromatic rings. The lowest BCUT2D eigenvalue weighted by Crippen LogP contribution is -1.99. The molecule has 7 heteroatoms. The number of nitrogens with zero attached hydrogens (tertiary/aromatic N) is 2. The van der Waals surface area contributed by atoms with E-state index in [1.807, 2.05) is 54.6 Å². The summed E-state index contributed by atoms with van der Waals surface area (Å²) < 4.78 is 19.6. The number of para-hydroxylation sites is 1. The quantitative estimate of drug-likeness (QED) is 0.260. The van der Waals surface area contributed by atoms with Gasteiger partial charge in [0.2, 0.25) is 5.88 Å². The fourth-order valence-corrected chi connectivity index (χ4v) is 3.74. The molecule has 0 aliphatic carbocycles. The van der Waals surface area contributed by atoms with E-state index in [0.717, 1.165) is 22.4 Å². The average Bonchev–Trinajstić information content (AvgIpc) is 3.21. The normalized spacial score (nSPS) is 11.2. The number of ether oxygens (including phenoxy) is 1. The van der Waals surface area contributed by atoms with Gasteiger partial charge in [0, 0.05) is 16.5 Å². The van der Waals surface area contributed by atoms with Gasteiger partial charge in [-0.05, 0) is 47.5 Å². The Morgan fingerprint density at radius 1 is 0.914 bits per heavy atom. The first-order valence-corrected chi connectivity index (χ1v) is 10.9. The van der Waals surface area contributed by atoms with Crippen LogP contribution in [-0.4, -0.2) is 16.0 Å². The number of carbonyl (C=O) groups is 1. The number of fused-ring (bicyclic) bond motifs is 1. The molecule has 0 saturated heterocycles. The number of aromatic amines is 1. The molecule has 0 bridgehead atoms. The fraction of sp³-hybridized carbons (Fsp3) is 0.0357. The van der Waals surface area contributed by atoms with Gasteiger partial charge in [0.15, 0.2) is 5.69 Å². The van der Waals surface area contributed by atoms with Gasteiger partial charge in [0.05, 0.1) is 5.52 Å². The van der Waals surface area contributed by atoms with Crippen LogP contribution in [0.2, 0.25) is 0 Å². The Balaban J connectivity index is 1.28. The minimum Gasteiger partial charge on any atom is -0.493 e. The molecule has 0 radical (unpaired) electrons. The standard InChI is InChI=1S/C28H20FN3O3/c29-21-14-15-24-23(16-21)26(28(34)30-24)31-32-27(33)20-12-10-18(11-13-20)17-35-25-9-5-4-8-22(25)19-6-2-1-3-7-19/h1-16,30,34H,17H2. The monoisotopic (exact) mass is 465 g/mol. The Hall–Kier alpha value is -4.78. The summed E-state index contributed by atoms with van der Waals surface area (Å²) in [5.74, 6) is -0.589. The Kier molecular flexibility index (Phi) is 6.05. The molecule has 4 aromatic carbocycles. The lowest BCUT2D eigenvalue weighted by Gasteiger charge is -2.12. The zero-order valence-electron chi connectivity index (χ0n) is 18.5. The van der Waals surface area contributed by atoms with Crippen molar-refractivity contribution >= 4 is 22.5 Å². The number of H-pyrrole nitrogens is 1. The summed E-state index contributed by atoms with van der Waals surface area (Å²) in [6.07, 6.45) is 0. The molecule has 0 aliphatic rings.